The lowest BCUT2D eigenvalue weighted by molar-refractivity contribution is -0.870. The minimum absolute atomic E-state index is 3.90. The van der Waals surface area contributed by atoms with Gasteiger partial charge in [0.05, 0.1) is 42.5 Å². The van der Waals surface area contributed by atoms with E-state index in [1.54, 1.807) is 0 Å². The van der Waals surface area contributed by atoms with Crippen LogP contribution in [-0.4, -0.2) is 31.9 Å². The van der Waals surface area contributed by atoms with Gasteiger partial charge in [-0.1, -0.05) is 45.1 Å². The van der Waals surface area contributed by atoms with Gasteiger partial charge in [0, 0.05) is 26.0 Å². The predicted molar refractivity (Wildman–Crippen MR) is 65.5 cm³/mol. The van der Waals surface area contributed by atoms with Gasteiger partial charge in [-0.25, -0.2) is 0 Å². The summed E-state index contributed by atoms with van der Waals surface area (Å²) in [6.07, 6.45) is -39.0. The topological polar surface area (TPSA) is 0 Å². The Morgan fingerprint density at radius 3 is 2.00 bits per heavy atom. The van der Waals surface area contributed by atoms with Crippen LogP contribution in [0.5, 0.6) is 0 Å². The summed E-state index contributed by atoms with van der Waals surface area (Å²) in [4.78, 5) is 0. The molecule has 0 bridgehead atoms. The van der Waals surface area contributed by atoms with E-state index in [1.807, 2.05) is 0 Å². The molecule has 0 aliphatic rings. The van der Waals surface area contributed by atoms with Crippen molar-refractivity contribution in [3.8, 4) is 0 Å². The Balaban J connectivity index is 7.89. The normalized spacial score (nSPS) is 56.6. The maximum atomic E-state index is 8.18. The molecule has 0 saturated carbocycles. The van der Waals surface area contributed by atoms with Crippen molar-refractivity contribution in [3.63, 3.8) is 0 Å². The van der Waals surface area contributed by atoms with Gasteiger partial charge in [0.15, 0.2) is 0 Å². The zero-order valence-electron chi connectivity index (χ0n) is 36.9. The highest BCUT2D eigenvalue weighted by Gasteiger charge is 2.04. The molecule has 0 spiro atoms. The lowest BCUT2D eigenvalue weighted by atomic mass is 10.1. The molecule has 0 N–H and O–H groups in total. The van der Waals surface area contributed by atoms with Gasteiger partial charge in [0.2, 0.25) is 0 Å². The summed E-state index contributed by atoms with van der Waals surface area (Å²) in [5.74, 6) is 0. The summed E-state index contributed by atoms with van der Waals surface area (Å²) in [5, 5.41) is 0. The fourth-order valence-electron chi connectivity index (χ4n) is 0.299. The quantitative estimate of drug-likeness (QED) is 0.528. The Bertz CT molecular complexity index is 1010. The second kappa shape index (κ2) is 8.28. The van der Waals surface area contributed by atoms with Crippen LogP contribution < -0.4 is 0 Å². The Hall–Kier alpha value is -0.0400. The van der Waals surface area contributed by atoms with E-state index >= 15 is 0 Å². The summed E-state index contributed by atoms with van der Waals surface area (Å²) in [6.45, 7) is -23.1. The minimum Gasteiger partial charge on any atom is -0.331 e. The molecular weight excluding hydrogens is 170 g/mol. The van der Waals surface area contributed by atoms with Crippen LogP contribution in [-0.2, 0) is 0 Å². The van der Waals surface area contributed by atoms with Gasteiger partial charge in [-0.15, -0.1) is 0 Å². The third-order valence-electron chi connectivity index (χ3n) is 0.661. The van der Waals surface area contributed by atoms with Crippen LogP contribution in [0.4, 0.5) is 0 Å². The number of hydrogen-bond donors (Lipinski definition) is 0. The van der Waals surface area contributed by atoms with E-state index in [0.29, 0.717) is 0 Å². The van der Waals surface area contributed by atoms with Crippen molar-refractivity contribution in [2.24, 2.45) is 0 Å². The summed E-state index contributed by atoms with van der Waals surface area (Å²) < 4.78 is 230. The van der Waals surface area contributed by atoms with Crippen molar-refractivity contribution >= 4 is 0 Å². The van der Waals surface area contributed by atoms with Gasteiger partial charge in [-0.05, 0) is 12.7 Å². The molecule has 0 aromatic carbocycles. The molecule has 0 fully saturated rings. The van der Waals surface area contributed by atoms with E-state index in [4.69, 9.17) is 41.1 Å². The number of nitrogens with zero attached hydrogens (tertiary/aromatic N) is 1. The van der Waals surface area contributed by atoms with Crippen molar-refractivity contribution in [2.45, 2.75) is 57.8 Å². The average molecular weight is 231 g/mol. The van der Waals surface area contributed by atoms with Crippen LogP contribution in [0.2, 0.25) is 0 Å². The molecule has 0 radical (unpaired) electrons. The molecule has 0 heterocycles. The lowest BCUT2D eigenvalue weighted by Gasteiger charge is -2.23. The minimum atomic E-state index is -5.14. The maximum absolute atomic E-state index is 8.18. The van der Waals surface area contributed by atoms with Gasteiger partial charge in [0.25, 0.3) is 0 Å². The van der Waals surface area contributed by atoms with Crippen LogP contribution in [0.15, 0.2) is 0 Å². The standard InChI is InChI=1S/C13H30N/c1-5-6-7-8-9-10-11-12-13-14(2,3)4/h5-13H2,1-4H3/q+1/i1D3,2D3,3D3,4D3,5D2,6D2,7D2,8D2,9D2,10D2,11D2,12D2,13D2. The third-order valence-corrected chi connectivity index (χ3v) is 0.661. The summed E-state index contributed by atoms with van der Waals surface area (Å²) in [6, 6.07) is 0. The van der Waals surface area contributed by atoms with Gasteiger partial charge < -0.3 is 4.48 Å². The molecule has 0 aromatic rings. The van der Waals surface area contributed by atoms with Crippen LogP contribution in [0.3, 0.4) is 0 Å². The second-order valence-corrected chi connectivity index (χ2v) is 1.78. The molecule has 14 heavy (non-hydrogen) atoms. The van der Waals surface area contributed by atoms with Gasteiger partial charge in [-0.2, -0.15) is 0 Å². The van der Waals surface area contributed by atoms with Crippen molar-refractivity contribution in [2.75, 3.05) is 27.4 Å². The number of hydrogen-bond acceptors (Lipinski definition) is 0. The fraction of sp³-hybridized carbons (Fsp3) is 1.00. The molecule has 0 aliphatic heterocycles. The third kappa shape index (κ3) is 12.0. The van der Waals surface area contributed by atoms with Crippen LogP contribution in [0.25, 0.3) is 0 Å². The number of quaternary nitrogens is 1. The molecule has 0 rings (SSSR count). The molecular formula is C13H30N+. The van der Waals surface area contributed by atoms with Crippen LogP contribution in [0, 0.1) is 0 Å². The molecule has 0 aromatic heterocycles. The van der Waals surface area contributed by atoms with Gasteiger partial charge >= 0.3 is 0 Å². The Labute approximate surface area is 133 Å². The summed E-state index contributed by atoms with van der Waals surface area (Å²) in [7, 11) is 0. The van der Waals surface area contributed by atoms with E-state index < -0.39 is 89.7 Å². The molecule has 1 heteroatoms. The van der Waals surface area contributed by atoms with Crippen molar-refractivity contribution in [1.29, 1.82) is 0 Å². The molecule has 0 atom stereocenters. The summed E-state index contributed by atoms with van der Waals surface area (Å²) in [5.41, 5.74) is 0. The van der Waals surface area contributed by atoms with E-state index in [0.717, 1.165) is 0 Å². The highest BCUT2D eigenvalue weighted by molar-refractivity contribution is 4.45. The SMILES string of the molecule is [2H]C([2H])([2H])C([2H])([2H])C([2H])([2H])C([2H])([2H])C([2H])([2H])C([2H])([2H])C([2H])([2H])C([2H])([2H])C([2H])([2H])C([2H])([2H])[N+](C([2H])([2H])[2H])(C([2H])([2H])[2H])C([2H])([2H])[2H]. The van der Waals surface area contributed by atoms with E-state index in [-0.39, 0.29) is 0 Å². The highest BCUT2D eigenvalue weighted by Crippen LogP contribution is 2.09. The Morgan fingerprint density at radius 2 is 1.43 bits per heavy atom. The van der Waals surface area contributed by atoms with Crippen molar-refractivity contribution in [1.82, 2.24) is 0 Å². The molecule has 0 amide bonds. The van der Waals surface area contributed by atoms with Crippen LogP contribution in [0.1, 0.15) is 99.0 Å². The first-order valence-corrected chi connectivity index (χ1v) is 3.14. The lowest BCUT2D eigenvalue weighted by Crippen LogP contribution is -2.35. The van der Waals surface area contributed by atoms with E-state index in [9.17, 15) is 0 Å². The molecule has 0 unspecified atom stereocenters. The summed E-state index contributed by atoms with van der Waals surface area (Å²) >= 11 is 0. The van der Waals surface area contributed by atoms with E-state index in [2.05, 4.69) is 0 Å². The number of rotatable bonds is 9. The van der Waals surface area contributed by atoms with Gasteiger partial charge in [0.1, 0.15) is 0 Å². The highest BCUT2D eigenvalue weighted by atomic mass is 15.3. The van der Waals surface area contributed by atoms with Crippen molar-refractivity contribution < 1.29 is 45.6 Å². The zero-order valence-corrected chi connectivity index (χ0v) is 6.95. The first-order chi connectivity index (χ1) is 18.2. The van der Waals surface area contributed by atoms with Gasteiger partial charge in [-0.3, -0.25) is 0 Å². The monoisotopic (exact) mass is 230 g/mol. The zero-order chi connectivity index (χ0) is 37.0. The molecule has 86 valence electrons. The molecule has 1 nitrogen and oxygen atoms in total. The Morgan fingerprint density at radius 1 is 0.857 bits per heavy atom. The largest absolute Gasteiger partial charge is 0.331 e. The van der Waals surface area contributed by atoms with E-state index in [1.165, 1.54) is 0 Å². The maximum Gasteiger partial charge on any atom is 0.0924 e. The van der Waals surface area contributed by atoms with Crippen LogP contribution >= 0.6 is 0 Å². The Kier molecular flexibility index (Phi) is 0.752. The smallest absolute Gasteiger partial charge is 0.0924 e. The average Bonchev–Trinajstić information content (AvgIpc) is 2.68. The second-order valence-electron chi connectivity index (χ2n) is 1.78. The molecule has 0 aliphatic carbocycles. The fourth-order valence-corrected chi connectivity index (χ4v) is 0.299. The first-order valence-electron chi connectivity index (χ1n) is 18.1. The first kappa shape index (κ1) is 1.27. The van der Waals surface area contributed by atoms with Crippen molar-refractivity contribution in [3.05, 3.63) is 0 Å². The molecule has 0 saturated heterocycles. The predicted octanol–water partition coefficient (Wildman–Crippen LogP) is 3.83.